The second-order valence-electron chi connectivity index (χ2n) is 18.1. The minimum absolute atomic E-state index is 0. The molecule has 0 fully saturated rings. The molecule has 0 saturated heterocycles. The van der Waals surface area contributed by atoms with Gasteiger partial charge in [0, 0.05) is 56.7 Å². The van der Waals surface area contributed by atoms with Gasteiger partial charge in [0.05, 0.1) is 5.69 Å². The van der Waals surface area contributed by atoms with Crippen molar-refractivity contribution in [3.63, 3.8) is 0 Å². The van der Waals surface area contributed by atoms with Crippen molar-refractivity contribution in [2.24, 2.45) is 0 Å². The van der Waals surface area contributed by atoms with E-state index in [1.54, 1.807) is 0 Å². The van der Waals surface area contributed by atoms with Crippen LogP contribution in [-0.2, 0) is 31.9 Å². The van der Waals surface area contributed by atoms with Crippen LogP contribution in [-0.4, -0.2) is 14.1 Å². The summed E-state index contributed by atoms with van der Waals surface area (Å²) in [6, 6.07) is 54.2. The molecule has 0 N–H and O–H groups in total. The maximum Gasteiger partial charge on any atom is 0.267 e. The van der Waals surface area contributed by atoms with Gasteiger partial charge in [0.2, 0.25) is 0 Å². The van der Waals surface area contributed by atoms with Crippen molar-refractivity contribution in [2.75, 3.05) is 0 Å². The number of para-hydroxylation sites is 1. The molecule has 0 bridgehead atoms. The van der Waals surface area contributed by atoms with Crippen molar-refractivity contribution in [1.82, 2.24) is 14.1 Å². The number of benzene rings is 6. The largest absolute Gasteiger partial charge is 0.510 e. The zero-order chi connectivity index (χ0) is 41.8. The summed E-state index contributed by atoms with van der Waals surface area (Å²) in [5.41, 5.74) is 12.2. The van der Waals surface area contributed by atoms with Crippen molar-refractivity contribution in [3.05, 3.63) is 187 Å². The normalized spacial score (nSPS) is 12.0. The van der Waals surface area contributed by atoms with E-state index in [4.69, 9.17) is 9.72 Å². The standard InChI is InChI=1S/C55H50N4O.Pt/c1-37(2)47-18-12-13-19-48(47)39-24-25-56-53(30-39)59-51-21-15-14-20-49(51)50-23-22-45(35-52(50)59)60-46-29-40(38-16-10-9-11-17-38)28-43(34-46)57-26-27-58(36-57)44-32-41(54(3,4)5)31-42(33-44)55(6,7)8;/h9-33,37H,1-8H3;/q-2;. The van der Waals surface area contributed by atoms with E-state index in [1.165, 1.54) is 22.3 Å². The summed E-state index contributed by atoms with van der Waals surface area (Å²) in [5, 5.41) is 2.20. The molecule has 0 radical (unpaired) electrons. The Morgan fingerprint density at radius 3 is 2.08 bits per heavy atom. The molecule has 3 aromatic heterocycles. The molecule has 6 heteroatoms. The van der Waals surface area contributed by atoms with Gasteiger partial charge in [-0.3, -0.25) is 4.57 Å². The summed E-state index contributed by atoms with van der Waals surface area (Å²) < 4.78 is 13.0. The number of aromatic nitrogens is 4. The van der Waals surface area contributed by atoms with Crippen molar-refractivity contribution in [3.8, 4) is 50.9 Å². The van der Waals surface area contributed by atoms with Gasteiger partial charge in [-0.15, -0.1) is 35.2 Å². The number of hydrogen-bond acceptors (Lipinski definition) is 2. The Balaban J connectivity index is 0.00000514. The fourth-order valence-electron chi connectivity index (χ4n) is 7.98. The van der Waals surface area contributed by atoms with Gasteiger partial charge in [0.1, 0.15) is 5.82 Å². The van der Waals surface area contributed by atoms with E-state index in [1.807, 2.05) is 35.2 Å². The van der Waals surface area contributed by atoms with Gasteiger partial charge in [-0.05, 0) is 91.5 Å². The van der Waals surface area contributed by atoms with Gasteiger partial charge in [-0.1, -0.05) is 140 Å². The third kappa shape index (κ3) is 8.37. The Hall–Kier alpha value is -6.03. The van der Waals surface area contributed by atoms with E-state index in [2.05, 4.69) is 204 Å². The molecule has 0 aliphatic heterocycles. The predicted octanol–water partition coefficient (Wildman–Crippen LogP) is 13.5. The van der Waals surface area contributed by atoms with E-state index < -0.39 is 0 Å². The summed E-state index contributed by atoms with van der Waals surface area (Å²) in [7, 11) is 0. The van der Waals surface area contributed by atoms with Crippen molar-refractivity contribution in [2.45, 2.75) is 72.1 Å². The molecule has 9 rings (SSSR count). The van der Waals surface area contributed by atoms with Gasteiger partial charge in [-0.2, -0.15) is 12.1 Å². The van der Waals surface area contributed by atoms with E-state index in [9.17, 15) is 0 Å². The van der Waals surface area contributed by atoms with Gasteiger partial charge in [-0.25, -0.2) is 4.98 Å². The number of nitrogens with zero attached hydrogens (tertiary/aromatic N) is 4. The summed E-state index contributed by atoms with van der Waals surface area (Å²) >= 11 is 0. The molecule has 0 amide bonds. The van der Waals surface area contributed by atoms with Gasteiger partial charge in [0.25, 0.3) is 6.33 Å². The van der Waals surface area contributed by atoms with E-state index in [0.29, 0.717) is 17.4 Å². The Morgan fingerprint density at radius 1 is 0.639 bits per heavy atom. The molecule has 0 saturated carbocycles. The molecule has 9 aromatic rings. The molecular weight excluding hydrogens is 928 g/mol. The van der Waals surface area contributed by atoms with Crippen LogP contribution in [0.15, 0.2) is 152 Å². The van der Waals surface area contributed by atoms with E-state index in [-0.39, 0.29) is 31.9 Å². The summed E-state index contributed by atoms with van der Waals surface area (Å²) in [4.78, 5) is 4.93. The number of imidazole rings is 1. The first-order valence-electron chi connectivity index (χ1n) is 20.8. The van der Waals surface area contributed by atoms with Crippen LogP contribution in [0.25, 0.3) is 61.3 Å². The monoisotopic (exact) mass is 977 g/mol. The van der Waals surface area contributed by atoms with Crippen LogP contribution in [0.3, 0.4) is 0 Å². The summed E-state index contributed by atoms with van der Waals surface area (Å²) in [6.07, 6.45) is 9.58. The fraction of sp³-hybridized carbons (Fsp3) is 0.200. The second kappa shape index (κ2) is 16.4. The maximum absolute atomic E-state index is 6.75. The third-order valence-corrected chi connectivity index (χ3v) is 11.4. The smallest absolute Gasteiger partial charge is 0.267 e. The minimum atomic E-state index is -0.00218. The van der Waals surface area contributed by atoms with Gasteiger partial charge in [0.15, 0.2) is 0 Å². The summed E-state index contributed by atoms with van der Waals surface area (Å²) in [5.74, 6) is 2.37. The third-order valence-electron chi connectivity index (χ3n) is 11.4. The maximum atomic E-state index is 6.75. The minimum Gasteiger partial charge on any atom is -0.510 e. The van der Waals surface area contributed by atoms with Crippen LogP contribution in [0.2, 0.25) is 0 Å². The Kier molecular flexibility index (Phi) is 11.2. The van der Waals surface area contributed by atoms with Crippen molar-refractivity contribution >= 4 is 21.8 Å². The SMILES string of the molecule is CC(C)c1ccccc1-c1ccnc(-n2c3[c-]c(Oc4[c-]c(-n5[c-][n+](-c6cc(C(C)(C)C)cc(C(C)(C)C)c6)cc5)cc(-c5ccccc5)c4)ccc3c3ccccc32)c1.[Pt]. The number of ether oxygens (including phenoxy) is 1. The predicted molar refractivity (Wildman–Crippen MR) is 245 cm³/mol. The van der Waals surface area contributed by atoms with Gasteiger partial charge < -0.3 is 13.9 Å². The van der Waals surface area contributed by atoms with Crippen LogP contribution < -0.4 is 9.30 Å². The quantitative estimate of drug-likeness (QED) is 0.112. The first kappa shape index (κ1) is 41.7. The molecule has 0 aliphatic rings. The number of hydrogen-bond donors (Lipinski definition) is 0. The molecule has 308 valence electrons. The molecular formula is C55H50N4OPt-2. The molecule has 61 heavy (non-hydrogen) atoms. The Labute approximate surface area is 374 Å². The average Bonchev–Trinajstić information content (AvgIpc) is 3.87. The van der Waals surface area contributed by atoms with Crippen molar-refractivity contribution in [1.29, 1.82) is 0 Å². The second-order valence-corrected chi connectivity index (χ2v) is 18.1. The topological polar surface area (TPSA) is 35.9 Å². The van der Waals surface area contributed by atoms with Crippen LogP contribution in [0.1, 0.15) is 78.0 Å². The molecule has 0 spiro atoms. The van der Waals surface area contributed by atoms with E-state index >= 15 is 0 Å². The van der Waals surface area contributed by atoms with E-state index in [0.717, 1.165) is 55.7 Å². The average molecular weight is 978 g/mol. The van der Waals surface area contributed by atoms with Crippen molar-refractivity contribution < 1.29 is 30.4 Å². The molecule has 6 aromatic carbocycles. The number of pyridine rings is 1. The molecule has 3 heterocycles. The van der Waals surface area contributed by atoms with Crippen LogP contribution in [0.4, 0.5) is 0 Å². The van der Waals surface area contributed by atoms with Gasteiger partial charge >= 0.3 is 0 Å². The molecule has 5 nitrogen and oxygen atoms in total. The summed E-state index contributed by atoms with van der Waals surface area (Å²) in [6.45, 7) is 18.1. The van der Waals surface area contributed by atoms with Crippen LogP contribution in [0.5, 0.6) is 11.5 Å². The zero-order valence-electron chi connectivity index (χ0n) is 36.0. The van der Waals surface area contributed by atoms with Crippen LogP contribution >= 0.6 is 0 Å². The number of fused-ring (bicyclic) bond motifs is 3. The molecule has 0 atom stereocenters. The zero-order valence-corrected chi connectivity index (χ0v) is 38.3. The number of rotatable bonds is 8. The first-order chi connectivity index (χ1) is 28.8. The molecule has 0 aliphatic carbocycles. The fourth-order valence-corrected chi connectivity index (χ4v) is 7.98. The van der Waals surface area contributed by atoms with Crippen LogP contribution in [0, 0.1) is 18.5 Å². The Bertz CT molecular complexity index is 2980. The first-order valence-corrected chi connectivity index (χ1v) is 20.8. The Morgan fingerprint density at radius 2 is 1.34 bits per heavy atom. The molecule has 0 unspecified atom stereocenters.